The van der Waals surface area contributed by atoms with E-state index in [0.717, 1.165) is 24.1 Å². The van der Waals surface area contributed by atoms with Crippen molar-refractivity contribution in [3.05, 3.63) is 77.8 Å². The standard InChI is InChI=1S/C26H28N8O3/c1-36-15-14-34-13-7-12-28-23(34)19(16-27)25-32-33-26(37-25)31-22-24(35)29-20-11-6-5-10-18(20)21(30-22)17-8-3-2-4-9-17/h2-6,8-11,16,22H,7,12-15,27H2,1H3,(H,29,35)(H,31,33). The Morgan fingerprint density at radius 1 is 1.22 bits per heavy atom. The van der Waals surface area contributed by atoms with Crippen LogP contribution in [0.2, 0.25) is 0 Å². The monoisotopic (exact) mass is 500 g/mol. The molecule has 1 atom stereocenters. The molecule has 1 aromatic heterocycles. The fourth-order valence-corrected chi connectivity index (χ4v) is 4.26. The van der Waals surface area contributed by atoms with E-state index in [1.165, 1.54) is 6.20 Å². The fraction of sp³-hybridized carbons (Fsp3) is 0.269. The molecule has 11 heteroatoms. The number of carbonyl (C=O) groups excluding carboxylic acids is 1. The average molecular weight is 501 g/mol. The van der Waals surface area contributed by atoms with Gasteiger partial charge in [0.25, 0.3) is 11.8 Å². The molecule has 190 valence electrons. The van der Waals surface area contributed by atoms with Crippen molar-refractivity contribution >= 4 is 34.7 Å². The number of benzene rings is 2. The zero-order chi connectivity index (χ0) is 25.6. The normalized spacial score (nSPS) is 17.9. The molecular weight excluding hydrogens is 472 g/mol. The molecule has 2 aliphatic rings. The molecule has 2 aromatic carbocycles. The van der Waals surface area contributed by atoms with Crippen LogP contribution in [0.15, 0.2) is 75.2 Å². The molecule has 5 rings (SSSR count). The predicted octanol–water partition coefficient (Wildman–Crippen LogP) is 2.35. The number of benzodiazepines with no additional fused rings is 1. The molecule has 1 unspecified atom stereocenters. The first-order chi connectivity index (χ1) is 18.2. The van der Waals surface area contributed by atoms with E-state index in [1.54, 1.807) is 7.11 Å². The van der Waals surface area contributed by atoms with Crippen molar-refractivity contribution in [2.75, 3.05) is 44.0 Å². The number of anilines is 2. The first-order valence-corrected chi connectivity index (χ1v) is 12.0. The third-order valence-electron chi connectivity index (χ3n) is 6.03. The van der Waals surface area contributed by atoms with Gasteiger partial charge < -0.3 is 30.4 Å². The highest BCUT2D eigenvalue weighted by atomic mass is 16.5. The second kappa shape index (κ2) is 11.0. The Bertz CT molecular complexity index is 1350. The molecule has 2 aliphatic heterocycles. The number of aliphatic imine (C=N–C) groups is 2. The summed E-state index contributed by atoms with van der Waals surface area (Å²) in [4.78, 5) is 24.6. The van der Waals surface area contributed by atoms with E-state index in [4.69, 9.17) is 19.9 Å². The molecule has 0 saturated heterocycles. The van der Waals surface area contributed by atoms with Crippen LogP contribution in [0.25, 0.3) is 5.57 Å². The van der Waals surface area contributed by atoms with E-state index in [-0.39, 0.29) is 17.8 Å². The number of ether oxygens (including phenoxy) is 1. The molecule has 0 aliphatic carbocycles. The van der Waals surface area contributed by atoms with Crippen LogP contribution in [-0.4, -0.2) is 72.1 Å². The molecular formula is C26H28N8O3. The van der Waals surface area contributed by atoms with E-state index >= 15 is 0 Å². The zero-order valence-corrected chi connectivity index (χ0v) is 20.4. The van der Waals surface area contributed by atoms with Gasteiger partial charge in [0.2, 0.25) is 6.17 Å². The molecule has 3 aromatic rings. The van der Waals surface area contributed by atoms with Crippen LogP contribution in [0.5, 0.6) is 0 Å². The maximum Gasteiger partial charge on any atom is 0.317 e. The number of amides is 1. The summed E-state index contributed by atoms with van der Waals surface area (Å²) in [5.41, 5.74) is 9.51. The minimum atomic E-state index is -1.01. The van der Waals surface area contributed by atoms with E-state index in [0.29, 0.717) is 42.5 Å². The van der Waals surface area contributed by atoms with Crippen LogP contribution < -0.4 is 16.4 Å². The molecule has 11 nitrogen and oxygen atoms in total. The van der Waals surface area contributed by atoms with E-state index in [1.807, 2.05) is 54.6 Å². The second-order valence-corrected chi connectivity index (χ2v) is 8.46. The van der Waals surface area contributed by atoms with Gasteiger partial charge in [0, 0.05) is 44.1 Å². The third-order valence-corrected chi connectivity index (χ3v) is 6.03. The van der Waals surface area contributed by atoms with E-state index < -0.39 is 6.17 Å². The van der Waals surface area contributed by atoms with Gasteiger partial charge in [-0.2, -0.15) is 0 Å². The smallest absolute Gasteiger partial charge is 0.317 e. The number of methoxy groups -OCH3 is 1. The number of fused-ring (bicyclic) bond motifs is 1. The quantitative estimate of drug-likeness (QED) is 0.428. The Morgan fingerprint density at radius 3 is 2.84 bits per heavy atom. The molecule has 3 heterocycles. The van der Waals surface area contributed by atoms with Crippen molar-refractivity contribution < 1.29 is 13.9 Å². The molecule has 1 amide bonds. The largest absolute Gasteiger partial charge is 0.404 e. The number of nitrogens with two attached hydrogens (primary N) is 1. The third kappa shape index (κ3) is 5.21. The second-order valence-electron chi connectivity index (χ2n) is 8.46. The van der Waals surface area contributed by atoms with Crippen LogP contribution in [0.4, 0.5) is 11.7 Å². The lowest BCUT2D eigenvalue weighted by Crippen LogP contribution is -2.38. The van der Waals surface area contributed by atoms with Gasteiger partial charge in [0.1, 0.15) is 5.84 Å². The lowest BCUT2D eigenvalue weighted by atomic mass is 10.0. The maximum atomic E-state index is 13.1. The minimum absolute atomic E-state index is 0.0384. The fourth-order valence-electron chi connectivity index (χ4n) is 4.26. The van der Waals surface area contributed by atoms with Gasteiger partial charge in [-0.05, 0) is 12.5 Å². The van der Waals surface area contributed by atoms with Gasteiger partial charge in [-0.15, -0.1) is 5.10 Å². The number of nitrogens with zero attached hydrogens (tertiary/aromatic N) is 5. The van der Waals surface area contributed by atoms with Crippen LogP contribution in [0, 0.1) is 0 Å². The Kier molecular flexibility index (Phi) is 7.22. The number of amidine groups is 1. The zero-order valence-electron chi connectivity index (χ0n) is 20.4. The van der Waals surface area contributed by atoms with Crippen LogP contribution >= 0.6 is 0 Å². The number of hydrogen-bond donors (Lipinski definition) is 3. The van der Waals surface area contributed by atoms with Gasteiger partial charge in [-0.3, -0.25) is 9.79 Å². The van der Waals surface area contributed by atoms with Gasteiger partial charge in [0.15, 0.2) is 0 Å². The number of nitrogens with one attached hydrogen (secondary N) is 2. The molecule has 0 saturated carbocycles. The van der Waals surface area contributed by atoms with Gasteiger partial charge in [0.05, 0.1) is 23.6 Å². The highest BCUT2D eigenvalue weighted by Gasteiger charge is 2.28. The van der Waals surface area contributed by atoms with Crippen molar-refractivity contribution in [3.8, 4) is 0 Å². The van der Waals surface area contributed by atoms with Crippen molar-refractivity contribution in [3.63, 3.8) is 0 Å². The summed E-state index contributed by atoms with van der Waals surface area (Å²) < 4.78 is 11.1. The Morgan fingerprint density at radius 2 is 2.03 bits per heavy atom. The van der Waals surface area contributed by atoms with Crippen LogP contribution in [0.3, 0.4) is 0 Å². The van der Waals surface area contributed by atoms with Crippen molar-refractivity contribution in [2.24, 2.45) is 15.7 Å². The van der Waals surface area contributed by atoms with Crippen molar-refractivity contribution in [2.45, 2.75) is 12.6 Å². The summed E-state index contributed by atoms with van der Waals surface area (Å²) in [7, 11) is 1.66. The average Bonchev–Trinajstić information content (AvgIpc) is 3.34. The summed E-state index contributed by atoms with van der Waals surface area (Å²) in [5.74, 6) is 0.515. The summed E-state index contributed by atoms with van der Waals surface area (Å²) in [6, 6.07) is 17.3. The van der Waals surface area contributed by atoms with Gasteiger partial charge >= 0.3 is 6.01 Å². The number of rotatable bonds is 8. The van der Waals surface area contributed by atoms with E-state index in [9.17, 15) is 4.79 Å². The Labute approximate surface area is 214 Å². The maximum absolute atomic E-state index is 13.1. The summed E-state index contributed by atoms with van der Waals surface area (Å²) in [6.07, 6.45) is 1.33. The molecule has 0 bridgehead atoms. The summed E-state index contributed by atoms with van der Waals surface area (Å²) in [6.45, 7) is 2.70. The molecule has 0 radical (unpaired) electrons. The lowest BCUT2D eigenvalue weighted by Gasteiger charge is -2.29. The Hall–Kier alpha value is -4.51. The predicted molar refractivity (Wildman–Crippen MR) is 141 cm³/mol. The molecule has 0 spiro atoms. The Balaban J connectivity index is 1.42. The van der Waals surface area contributed by atoms with E-state index in [2.05, 4.69) is 30.7 Å². The summed E-state index contributed by atoms with van der Waals surface area (Å²) in [5, 5.41) is 14.2. The van der Waals surface area contributed by atoms with Crippen molar-refractivity contribution in [1.29, 1.82) is 0 Å². The van der Waals surface area contributed by atoms with Gasteiger partial charge in [-0.25, -0.2) is 4.99 Å². The molecule has 0 fully saturated rings. The van der Waals surface area contributed by atoms with Gasteiger partial charge in [-0.1, -0.05) is 53.6 Å². The SMILES string of the molecule is COCCN1CCCN=C1C(=CN)c1nnc(NC2N=C(c3ccccc3)c3ccccc3NC2=O)o1. The highest BCUT2D eigenvalue weighted by Crippen LogP contribution is 2.26. The van der Waals surface area contributed by atoms with Crippen molar-refractivity contribution in [1.82, 2.24) is 15.1 Å². The summed E-state index contributed by atoms with van der Waals surface area (Å²) >= 11 is 0. The van der Waals surface area contributed by atoms with Crippen LogP contribution in [0.1, 0.15) is 23.4 Å². The number of aromatic nitrogens is 2. The lowest BCUT2D eigenvalue weighted by molar-refractivity contribution is -0.116. The topological polar surface area (TPSA) is 143 Å². The highest BCUT2D eigenvalue weighted by molar-refractivity contribution is 6.21. The molecule has 4 N–H and O–H groups in total. The first kappa shape index (κ1) is 24.2. The molecule has 37 heavy (non-hydrogen) atoms. The first-order valence-electron chi connectivity index (χ1n) is 12.0. The number of hydrogen-bond acceptors (Lipinski definition) is 10. The van der Waals surface area contributed by atoms with Crippen LogP contribution in [-0.2, 0) is 9.53 Å². The number of carbonyl (C=O) groups is 1. The minimum Gasteiger partial charge on any atom is -0.404 e. The number of para-hydroxylation sites is 1.